The second-order valence-electron chi connectivity index (χ2n) is 4.07. The number of rotatable bonds is 3. The van der Waals surface area contributed by atoms with E-state index in [-0.39, 0.29) is 10.2 Å². The van der Waals surface area contributed by atoms with E-state index in [4.69, 9.17) is 0 Å². The number of hydrogen-bond donors (Lipinski definition) is 2. The first-order valence-corrected chi connectivity index (χ1v) is 6.40. The molecule has 0 amide bonds. The van der Waals surface area contributed by atoms with E-state index >= 15 is 0 Å². The zero-order valence-corrected chi connectivity index (χ0v) is 11.8. The van der Waals surface area contributed by atoms with E-state index in [1.54, 1.807) is 0 Å². The fourth-order valence-corrected chi connectivity index (χ4v) is 1.92. The van der Waals surface area contributed by atoms with Crippen LogP contribution in [-0.4, -0.2) is 0 Å². The van der Waals surface area contributed by atoms with Crippen molar-refractivity contribution in [2.45, 2.75) is 6.18 Å². The Bertz CT molecular complexity index is 657. The Morgan fingerprint density at radius 2 is 1.33 bits per heavy atom. The summed E-state index contributed by atoms with van der Waals surface area (Å²) < 4.78 is 64.0. The molecule has 2 N–H and O–H groups in total. The topological polar surface area (TPSA) is 24.1 Å². The number of hydrazine groups is 1. The van der Waals surface area contributed by atoms with Crippen LogP contribution in [0.5, 0.6) is 0 Å². The van der Waals surface area contributed by atoms with Gasteiger partial charge in [0.2, 0.25) is 0 Å². The summed E-state index contributed by atoms with van der Waals surface area (Å²) in [5, 5.41) is 0. The summed E-state index contributed by atoms with van der Waals surface area (Å²) in [7, 11) is 0. The second-order valence-corrected chi connectivity index (χ2v) is 4.93. The highest BCUT2D eigenvalue weighted by atomic mass is 79.9. The van der Waals surface area contributed by atoms with Gasteiger partial charge in [0.05, 0.1) is 21.4 Å². The fourth-order valence-electron chi connectivity index (χ4n) is 1.54. The lowest BCUT2D eigenvalue weighted by Gasteiger charge is -2.13. The van der Waals surface area contributed by atoms with Gasteiger partial charge in [-0.05, 0) is 52.3 Å². The molecule has 0 aliphatic rings. The van der Waals surface area contributed by atoms with E-state index in [1.165, 1.54) is 18.2 Å². The van der Waals surface area contributed by atoms with Gasteiger partial charge in [-0.1, -0.05) is 0 Å². The van der Waals surface area contributed by atoms with E-state index < -0.39 is 23.4 Å². The molecule has 0 saturated heterocycles. The molecule has 0 unspecified atom stereocenters. The third-order valence-electron chi connectivity index (χ3n) is 2.54. The SMILES string of the molecule is Fc1ccc(NNc2ccc(F)c(C(F)(F)F)c2)cc1Br. The molecule has 0 saturated carbocycles. The molecule has 2 rings (SSSR count). The predicted octanol–water partition coefficient (Wildman–Crippen LogP) is 5.19. The molecule has 112 valence electrons. The van der Waals surface area contributed by atoms with Crippen molar-refractivity contribution in [2.24, 2.45) is 0 Å². The molecule has 0 aliphatic heterocycles. The quantitative estimate of drug-likeness (QED) is 0.577. The molecule has 0 spiro atoms. The maximum Gasteiger partial charge on any atom is 0.419 e. The van der Waals surface area contributed by atoms with E-state index in [1.807, 2.05) is 0 Å². The summed E-state index contributed by atoms with van der Waals surface area (Å²) in [5.41, 5.74) is 4.15. The van der Waals surface area contributed by atoms with Gasteiger partial charge in [-0.2, -0.15) is 13.2 Å². The second kappa shape index (κ2) is 5.88. The first-order chi connectivity index (χ1) is 9.77. The van der Waals surface area contributed by atoms with Crippen molar-refractivity contribution in [2.75, 3.05) is 10.9 Å². The normalized spacial score (nSPS) is 11.3. The summed E-state index contributed by atoms with van der Waals surface area (Å²) in [6.07, 6.45) is -4.78. The fraction of sp³-hybridized carbons (Fsp3) is 0.0769. The largest absolute Gasteiger partial charge is 0.419 e. The number of anilines is 2. The van der Waals surface area contributed by atoms with Crippen molar-refractivity contribution in [3.05, 3.63) is 58.1 Å². The standard InChI is InChI=1S/C13H8BrF5N2/c14-10-6-8(2-4-12(10)16)21-20-7-1-3-11(15)9(5-7)13(17,18)19/h1-6,20-21H. The zero-order valence-electron chi connectivity index (χ0n) is 10.2. The maximum atomic E-state index is 13.1. The number of halogens is 6. The lowest BCUT2D eigenvalue weighted by molar-refractivity contribution is -0.139. The predicted molar refractivity (Wildman–Crippen MR) is 72.7 cm³/mol. The molecule has 0 aliphatic carbocycles. The van der Waals surface area contributed by atoms with Crippen molar-refractivity contribution < 1.29 is 22.0 Å². The van der Waals surface area contributed by atoms with Crippen LogP contribution in [0.2, 0.25) is 0 Å². The van der Waals surface area contributed by atoms with Crippen molar-refractivity contribution in [3.63, 3.8) is 0 Å². The first kappa shape index (κ1) is 15.6. The summed E-state index contributed by atoms with van der Waals surface area (Å²) >= 11 is 2.98. The molecule has 0 atom stereocenters. The smallest absolute Gasteiger partial charge is 0.301 e. The maximum absolute atomic E-state index is 13.1. The van der Waals surface area contributed by atoms with Gasteiger partial charge in [0, 0.05) is 0 Å². The highest BCUT2D eigenvalue weighted by Crippen LogP contribution is 2.33. The van der Waals surface area contributed by atoms with E-state index in [0.29, 0.717) is 17.8 Å². The molecule has 0 heterocycles. The van der Waals surface area contributed by atoms with Gasteiger partial charge < -0.3 is 10.9 Å². The van der Waals surface area contributed by atoms with Crippen LogP contribution in [-0.2, 0) is 6.18 Å². The average Bonchev–Trinajstić information content (AvgIpc) is 2.40. The summed E-state index contributed by atoms with van der Waals surface area (Å²) in [5.74, 6) is -1.82. The van der Waals surface area contributed by atoms with Crippen LogP contribution in [0.4, 0.5) is 33.3 Å². The summed E-state index contributed by atoms with van der Waals surface area (Å²) in [4.78, 5) is 0. The van der Waals surface area contributed by atoms with Crippen molar-refractivity contribution in [1.29, 1.82) is 0 Å². The molecule has 0 aromatic heterocycles. The van der Waals surface area contributed by atoms with Crippen LogP contribution in [0, 0.1) is 11.6 Å². The molecule has 0 bridgehead atoms. The Morgan fingerprint density at radius 1 is 0.810 bits per heavy atom. The van der Waals surface area contributed by atoms with Crippen LogP contribution in [0.15, 0.2) is 40.9 Å². The molecule has 2 nitrogen and oxygen atoms in total. The van der Waals surface area contributed by atoms with Crippen molar-refractivity contribution in [1.82, 2.24) is 0 Å². The van der Waals surface area contributed by atoms with Crippen LogP contribution >= 0.6 is 15.9 Å². The van der Waals surface area contributed by atoms with Gasteiger partial charge in [-0.15, -0.1) is 0 Å². The Morgan fingerprint density at radius 3 is 1.86 bits per heavy atom. The van der Waals surface area contributed by atoms with E-state index in [2.05, 4.69) is 26.8 Å². The summed E-state index contributed by atoms with van der Waals surface area (Å²) in [6.45, 7) is 0. The molecule has 0 fully saturated rings. The van der Waals surface area contributed by atoms with Crippen molar-refractivity contribution in [3.8, 4) is 0 Å². The highest BCUT2D eigenvalue weighted by Gasteiger charge is 2.34. The Hall–Kier alpha value is -1.83. The number of alkyl halides is 3. The highest BCUT2D eigenvalue weighted by molar-refractivity contribution is 9.10. The van der Waals surface area contributed by atoms with Gasteiger partial charge in [0.25, 0.3) is 0 Å². The minimum Gasteiger partial charge on any atom is -0.301 e. The number of benzene rings is 2. The van der Waals surface area contributed by atoms with Gasteiger partial charge in [0.1, 0.15) is 11.6 Å². The van der Waals surface area contributed by atoms with Crippen molar-refractivity contribution >= 4 is 27.3 Å². The van der Waals surface area contributed by atoms with Gasteiger partial charge >= 0.3 is 6.18 Å². The molecule has 2 aromatic rings. The molecule has 2 aromatic carbocycles. The zero-order chi connectivity index (χ0) is 15.6. The van der Waals surface area contributed by atoms with Crippen LogP contribution < -0.4 is 10.9 Å². The van der Waals surface area contributed by atoms with Crippen LogP contribution in [0.25, 0.3) is 0 Å². The minimum atomic E-state index is -4.78. The average molecular weight is 367 g/mol. The lowest BCUT2D eigenvalue weighted by atomic mass is 10.2. The van der Waals surface area contributed by atoms with Gasteiger partial charge in [-0.25, -0.2) is 8.78 Å². The van der Waals surface area contributed by atoms with Gasteiger partial charge in [0.15, 0.2) is 0 Å². The molecule has 0 radical (unpaired) electrons. The third-order valence-corrected chi connectivity index (χ3v) is 3.15. The molecule has 21 heavy (non-hydrogen) atoms. The molecule has 8 heteroatoms. The van der Waals surface area contributed by atoms with Crippen LogP contribution in [0.1, 0.15) is 5.56 Å². The van der Waals surface area contributed by atoms with E-state index in [9.17, 15) is 22.0 Å². The Kier molecular flexibility index (Phi) is 4.36. The van der Waals surface area contributed by atoms with E-state index in [0.717, 1.165) is 6.07 Å². The first-order valence-electron chi connectivity index (χ1n) is 5.61. The molecular formula is C13H8BrF5N2. The third kappa shape index (κ3) is 3.84. The number of hydrogen-bond acceptors (Lipinski definition) is 2. The summed E-state index contributed by atoms with van der Waals surface area (Å²) in [6, 6.07) is 6.47. The lowest BCUT2D eigenvalue weighted by Crippen LogP contribution is -2.12. The Balaban J connectivity index is 2.15. The van der Waals surface area contributed by atoms with Gasteiger partial charge in [-0.3, -0.25) is 0 Å². The monoisotopic (exact) mass is 366 g/mol. The van der Waals surface area contributed by atoms with Crippen LogP contribution in [0.3, 0.4) is 0 Å². The Labute approximate surface area is 125 Å². The minimum absolute atomic E-state index is 0.0178. The molecular weight excluding hydrogens is 359 g/mol. The number of nitrogens with one attached hydrogen (secondary N) is 2.